The summed E-state index contributed by atoms with van der Waals surface area (Å²) in [4.78, 5) is 4.50. The Bertz CT molecular complexity index is 651. The lowest BCUT2D eigenvalue weighted by Crippen LogP contribution is -2.19. The SMILES string of the molecule is FC(F)(F)COc1ccc(OCc2csc(C3CCCO3)n2)cc1. The summed E-state index contributed by atoms with van der Waals surface area (Å²) < 4.78 is 52.1. The summed E-state index contributed by atoms with van der Waals surface area (Å²) in [6, 6.07) is 6.03. The Hall–Kier alpha value is -1.80. The molecule has 4 nitrogen and oxygen atoms in total. The van der Waals surface area contributed by atoms with E-state index in [1.54, 1.807) is 23.5 Å². The summed E-state index contributed by atoms with van der Waals surface area (Å²) in [6.45, 7) is -0.233. The van der Waals surface area contributed by atoms with Crippen LogP contribution < -0.4 is 9.47 Å². The van der Waals surface area contributed by atoms with Gasteiger partial charge in [0.25, 0.3) is 0 Å². The van der Waals surface area contributed by atoms with E-state index in [2.05, 4.69) is 9.72 Å². The summed E-state index contributed by atoms with van der Waals surface area (Å²) in [5.41, 5.74) is 0.808. The number of ether oxygens (including phenoxy) is 3. The highest BCUT2D eigenvalue weighted by atomic mass is 32.1. The second kappa shape index (κ2) is 7.40. The quantitative estimate of drug-likeness (QED) is 0.761. The van der Waals surface area contributed by atoms with Crippen LogP contribution in [0.2, 0.25) is 0 Å². The fourth-order valence-electron chi connectivity index (χ4n) is 2.26. The first kappa shape index (κ1) is 17.0. The molecule has 2 aromatic rings. The van der Waals surface area contributed by atoms with Crippen molar-refractivity contribution in [3.8, 4) is 11.5 Å². The van der Waals surface area contributed by atoms with Gasteiger partial charge >= 0.3 is 6.18 Å². The van der Waals surface area contributed by atoms with Crippen LogP contribution in [-0.2, 0) is 11.3 Å². The first-order chi connectivity index (χ1) is 11.5. The molecule has 24 heavy (non-hydrogen) atoms. The lowest BCUT2D eigenvalue weighted by Gasteiger charge is -2.10. The zero-order chi connectivity index (χ0) is 17.0. The van der Waals surface area contributed by atoms with Crippen LogP contribution in [0.15, 0.2) is 29.6 Å². The summed E-state index contributed by atoms with van der Waals surface area (Å²) in [6.07, 6.45) is -2.21. The number of alkyl halides is 3. The maximum atomic E-state index is 12.1. The third kappa shape index (κ3) is 4.85. The minimum atomic E-state index is -4.35. The van der Waals surface area contributed by atoms with Gasteiger partial charge in [0.05, 0.1) is 5.69 Å². The molecule has 3 rings (SSSR count). The molecule has 1 aliphatic heterocycles. The van der Waals surface area contributed by atoms with Crippen LogP contribution in [0.5, 0.6) is 11.5 Å². The average molecular weight is 359 g/mol. The van der Waals surface area contributed by atoms with Crippen molar-refractivity contribution < 1.29 is 27.4 Å². The van der Waals surface area contributed by atoms with Gasteiger partial charge in [0.15, 0.2) is 6.61 Å². The maximum Gasteiger partial charge on any atom is 0.422 e. The average Bonchev–Trinajstić information content (AvgIpc) is 3.22. The predicted octanol–water partition coefficient (Wildman–Crippen LogP) is 4.51. The molecule has 0 saturated carbocycles. The monoisotopic (exact) mass is 359 g/mol. The molecule has 1 aromatic heterocycles. The Labute approximate surface area is 141 Å². The van der Waals surface area contributed by atoms with E-state index in [1.165, 1.54) is 12.1 Å². The Morgan fingerprint density at radius 3 is 2.50 bits per heavy atom. The topological polar surface area (TPSA) is 40.6 Å². The molecule has 1 atom stereocenters. The second-order valence-corrected chi connectivity index (χ2v) is 6.23. The molecule has 0 bridgehead atoms. The zero-order valence-electron chi connectivity index (χ0n) is 12.7. The Morgan fingerprint density at radius 1 is 1.17 bits per heavy atom. The van der Waals surface area contributed by atoms with Gasteiger partial charge in [-0.05, 0) is 37.1 Å². The van der Waals surface area contributed by atoms with E-state index in [1.807, 2.05) is 5.38 Å². The van der Waals surface area contributed by atoms with Crippen molar-refractivity contribution in [3.05, 3.63) is 40.3 Å². The number of hydrogen-bond acceptors (Lipinski definition) is 5. The van der Waals surface area contributed by atoms with E-state index < -0.39 is 12.8 Å². The lowest BCUT2D eigenvalue weighted by atomic mass is 10.2. The number of hydrogen-bond donors (Lipinski definition) is 0. The van der Waals surface area contributed by atoms with Crippen LogP contribution in [0.4, 0.5) is 13.2 Å². The van der Waals surface area contributed by atoms with Crippen molar-refractivity contribution >= 4 is 11.3 Å². The van der Waals surface area contributed by atoms with Crippen LogP contribution >= 0.6 is 11.3 Å². The van der Waals surface area contributed by atoms with Gasteiger partial charge in [-0.25, -0.2) is 4.98 Å². The number of rotatable bonds is 6. The van der Waals surface area contributed by atoms with Gasteiger partial charge in [-0.15, -0.1) is 11.3 Å². The molecule has 0 aliphatic carbocycles. The van der Waals surface area contributed by atoms with Gasteiger partial charge in [-0.1, -0.05) is 0 Å². The van der Waals surface area contributed by atoms with E-state index in [4.69, 9.17) is 9.47 Å². The molecule has 0 spiro atoms. The summed E-state index contributed by atoms with van der Waals surface area (Å²) in [5, 5.41) is 2.89. The molecular weight excluding hydrogens is 343 g/mol. The number of benzene rings is 1. The van der Waals surface area contributed by atoms with Crippen molar-refractivity contribution in [2.45, 2.75) is 31.7 Å². The Morgan fingerprint density at radius 2 is 1.88 bits per heavy atom. The highest BCUT2D eigenvalue weighted by molar-refractivity contribution is 7.09. The van der Waals surface area contributed by atoms with Crippen LogP contribution in [-0.4, -0.2) is 24.4 Å². The minimum absolute atomic E-state index is 0.0915. The Balaban J connectivity index is 1.49. The predicted molar refractivity (Wildman–Crippen MR) is 82.4 cm³/mol. The van der Waals surface area contributed by atoms with Gasteiger partial charge in [0.2, 0.25) is 0 Å². The fraction of sp³-hybridized carbons (Fsp3) is 0.438. The first-order valence-corrected chi connectivity index (χ1v) is 8.36. The number of aromatic nitrogens is 1. The molecule has 1 saturated heterocycles. The largest absolute Gasteiger partial charge is 0.487 e. The number of halogens is 3. The highest BCUT2D eigenvalue weighted by Gasteiger charge is 2.28. The van der Waals surface area contributed by atoms with E-state index in [-0.39, 0.29) is 11.9 Å². The van der Waals surface area contributed by atoms with E-state index in [9.17, 15) is 13.2 Å². The molecule has 1 aliphatic rings. The van der Waals surface area contributed by atoms with Crippen molar-refractivity contribution in [3.63, 3.8) is 0 Å². The molecule has 1 fully saturated rings. The van der Waals surface area contributed by atoms with Crippen molar-refractivity contribution in [2.24, 2.45) is 0 Å². The molecule has 0 amide bonds. The van der Waals surface area contributed by atoms with E-state index in [0.717, 1.165) is 30.2 Å². The molecule has 2 heterocycles. The highest BCUT2D eigenvalue weighted by Crippen LogP contribution is 2.31. The third-order valence-electron chi connectivity index (χ3n) is 3.39. The maximum absolute atomic E-state index is 12.1. The minimum Gasteiger partial charge on any atom is -0.487 e. The van der Waals surface area contributed by atoms with Crippen molar-refractivity contribution in [2.75, 3.05) is 13.2 Å². The first-order valence-electron chi connectivity index (χ1n) is 7.48. The van der Waals surface area contributed by atoms with Crippen molar-refractivity contribution in [1.82, 2.24) is 4.98 Å². The standard InChI is InChI=1S/C16H16F3NO3S/c17-16(18,19)10-23-13-5-3-12(4-6-13)22-8-11-9-24-15(20-11)14-2-1-7-21-14/h3-6,9,14H,1-2,7-8,10H2. The van der Waals surface area contributed by atoms with Gasteiger partial charge in [0, 0.05) is 12.0 Å². The van der Waals surface area contributed by atoms with Crippen molar-refractivity contribution in [1.29, 1.82) is 0 Å². The van der Waals surface area contributed by atoms with Gasteiger partial charge in [-0.2, -0.15) is 13.2 Å². The summed E-state index contributed by atoms with van der Waals surface area (Å²) in [5.74, 6) is 0.690. The molecule has 8 heteroatoms. The second-order valence-electron chi connectivity index (χ2n) is 5.34. The van der Waals surface area contributed by atoms with Gasteiger partial charge < -0.3 is 14.2 Å². The summed E-state index contributed by atoms with van der Waals surface area (Å²) in [7, 11) is 0. The van der Waals surface area contributed by atoms with Crippen LogP contribution in [0.1, 0.15) is 29.6 Å². The number of nitrogens with zero attached hydrogens (tertiary/aromatic N) is 1. The normalized spacial score (nSPS) is 17.9. The molecule has 0 N–H and O–H groups in total. The van der Waals surface area contributed by atoms with Gasteiger partial charge in [0.1, 0.15) is 29.2 Å². The summed E-state index contributed by atoms with van der Waals surface area (Å²) >= 11 is 1.55. The Kier molecular flexibility index (Phi) is 5.25. The lowest BCUT2D eigenvalue weighted by molar-refractivity contribution is -0.153. The van der Waals surface area contributed by atoms with Crippen LogP contribution in [0.25, 0.3) is 0 Å². The van der Waals surface area contributed by atoms with E-state index in [0.29, 0.717) is 12.4 Å². The molecule has 1 aromatic carbocycles. The molecular formula is C16H16F3NO3S. The third-order valence-corrected chi connectivity index (χ3v) is 4.37. The smallest absolute Gasteiger partial charge is 0.422 e. The molecule has 1 unspecified atom stereocenters. The molecule has 130 valence electrons. The fourth-order valence-corrected chi connectivity index (χ4v) is 3.15. The van der Waals surface area contributed by atoms with E-state index >= 15 is 0 Å². The number of thiazole rings is 1. The van der Waals surface area contributed by atoms with Crippen LogP contribution in [0, 0.1) is 0 Å². The zero-order valence-corrected chi connectivity index (χ0v) is 13.5. The molecule has 0 radical (unpaired) electrons. The van der Waals surface area contributed by atoms with Crippen LogP contribution in [0.3, 0.4) is 0 Å². The van der Waals surface area contributed by atoms with Gasteiger partial charge in [-0.3, -0.25) is 0 Å².